The standard InChI is InChI=1S/C73H96N12O15/c1-9-69(96)38-45-39-71(65(93)99-8,59-48(28-34-83(40-45)42-69)47-18-13-14-19-51(47)77-59)50-36-49-53(37-54(50)98-7)82(6)68(5)72(49)30-35-84-32-17-29-70(10-2,62(72)84)63(91)73(68,97)64(92)80-81-67(95)100-41-44-22-24-46(25-23-44)76-60(89)52(20-16-31-75-66(74)94)78-61(90)58(43(3)4)79-55(86)21-12-11-15-33-85-56(87)26-27-57(85)88/h13-14,17-19,22-27,29,36-37,43,45,52,58,62-63,77,91,96-97H,9-12,15-16,20-21,28,30-35,38-42H2,1-8H3,(H,76,89)(H,78,90)(H,79,86)(H,80,92)(H,81,95)(H3,74,75,94)/t45?,52-,58-,62-,63+,68+,69-,70+,71-,72+,73-/m0/s1. The van der Waals surface area contributed by atoms with E-state index in [1.165, 1.54) is 19.3 Å². The number of hydrogen-bond acceptors (Lipinski definition) is 18. The van der Waals surface area contributed by atoms with Gasteiger partial charge in [-0.15, -0.1) is 0 Å². The Kier molecular flexibility index (Phi) is 20.7. The Bertz CT molecular complexity index is 3900. The number of aliphatic hydroxyl groups is 3. The summed E-state index contributed by atoms with van der Waals surface area (Å²) in [5.41, 5.74) is 5.70. The lowest BCUT2D eigenvalue weighted by Crippen LogP contribution is -2.87. The molecular weight excluding hydrogens is 1280 g/mol. The number of fused-ring (bicyclic) bond motifs is 6. The van der Waals surface area contributed by atoms with Crippen LogP contribution in [0.25, 0.3) is 10.9 Å². The number of carbonyl (C=O) groups excluding carboxylic acids is 9. The second kappa shape index (κ2) is 28.6. The molecule has 100 heavy (non-hydrogen) atoms. The number of amides is 9. The molecule has 2 unspecified atom stereocenters. The van der Waals surface area contributed by atoms with Crippen molar-refractivity contribution >= 4 is 75.8 Å². The highest BCUT2D eigenvalue weighted by molar-refractivity contribution is 6.13. The molecule has 9 amide bonds. The van der Waals surface area contributed by atoms with E-state index in [1.54, 1.807) is 59.2 Å². The summed E-state index contributed by atoms with van der Waals surface area (Å²) in [6.07, 6.45) is 7.74. The number of aromatic nitrogens is 1. The number of likely N-dealkylation sites (N-methyl/N-ethyl adjacent to an activating group) is 1. The van der Waals surface area contributed by atoms with Gasteiger partial charge in [-0.25, -0.2) is 15.0 Å². The third-order valence-electron chi connectivity index (χ3n) is 23.0. The number of nitrogens with one attached hydrogen (secondary N) is 7. The SMILES string of the molecule is CC[C@]1(O)CC2CN(CCc3c([nH]c4ccccc34)[C@@](C(=O)OC)(c3cc4c(cc3OC)N(C)[C@@]3(C)[C@@](O)(C(=O)NNC(=O)OCc5ccc(NC(=O)[C@H](CCCNC(N)=O)NC(=O)[C@@H](NC(=O)CCCCCN6C(=O)C=CC6=O)C(C)C)cc5)[C@H](O)[C@]5(CC)C=CCN6CC[C@]43[C@@H]65)C2)C1. The second-order valence-corrected chi connectivity index (χ2v) is 28.7. The number of primary amides is 1. The summed E-state index contributed by atoms with van der Waals surface area (Å²) in [6.45, 7) is 12.0. The number of nitrogens with two attached hydrogens (primary N) is 1. The fourth-order valence-electron chi connectivity index (χ4n) is 18.0. The highest BCUT2D eigenvalue weighted by atomic mass is 16.6. The number of ether oxygens (including phenoxy) is 3. The van der Waals surface area contributed by atoms with Gasteiger partial charge in [0.05, 0.1) is 25.4 Å². The maximum absolute atomic E-state index is 15.7. The van der Waals surface area contributed by atoms with Gasteiger partial charge in [0.25, 0.3) is 17.7 Å². The van der Waals surface area contributed by atoms with Crippen LogP contribution in [0, 0.1) is 17.3 Å². The minimum absolute atomic E-state index is 0.0670. The van der Waals surface area contributed by atoms with Crippen LogP contribution in [0.1, 0.15) is 133 Å². The molecule has 3 fully saturated rings. The number of hydrogen-bond donors (Lipinski definition) is 11. The van der Waals surface area contributed by atoms with Gasteiger partial charge in [0.15, 0.2) is 5.60 Å². The largest absolute Gasteiger partial charge is 0.496 e. The number of rotatable bonds is 24. The molecule has 0 radical (unpaired) electrons. The van der Waals surface area contributed by atoms with E-state index < -0.39 is 98.9 Å². The zero-order valence-corrected chi connectivity index (χ0v) is 58.3. The highest BCUT2D eigenvalue weighted by Gasteiger charge is 2.84. The third kappa shape index (κ3) is 12.5. The van der Waals surface area contributed by atoms with E-state index in [9.17, 15) is 48.9 Å². The zero-order chi connectivity index (χ0) is 71.9. The fraction of sp³-hybridized carbons (Fsp3) is 0.548. The summed E-state index contributed by atoms with van der Waals surface area (Å²) in [7, 11) is 4.71. The minimum atomic E-state index is -2.71. The van der Waals surface area contributed by atoms with Crippen LogP contribution in [0.5, 0.6) is 5.75 Å². The van der Waals surface area contributed by atoms with E-state index in [-0.39, 0.29) is 75.5 Å². The number of piperidine rings is 1. The van der Waals surface area contributed by atoms with Gasteiger partial charge in [0.1, 0.15) is 36.0 Å². The van der Waals surface area contributed by atoms with Gasteiger partial charge >= 0.3 is 18.1 Å². The molecule has 1 aliphatic carbocycles. The summed E-state index contributed by atoms with van der Waals surface area (Å²) >= 11 is 0. The van der Waals surface area contributed by atoms with Crippen LogP contribution in [0.3, 0.4) is 0 Å². The van der Waals surface area contributed by atoms with Crippen molar-refractivity contribution in [3.63, 3.8) is 0 Å². The molecule has 27 nitrogen and oxygen atoms in total. The number of benzene rings is 3. The van der Waals surface area contributed by atoms with Crippen molar-refractivity contribution in [3.05, 3.63) is 113 Å². The first-order valence-corrected chi connectivity index (χ1v) is 34.9. The van der Waals surface area contributed by atoms with E-state index >= 15 is 9.59 Å². The number of esters is 1. The molecule has 11 rings (SSSR count). The van der Waals surface area contributed by atoms with Crippen LogP contribution >= 0.6 is 0 Å². The number of imide groups is 1. The van der Waals surface area contributed by atoms with Gasteiger partial charge in [0.2, 0.25) is 17.7 Å². The predicted octanol–water partition coefficient (Wildman–Crippen LogP) is 4.09. The van der Waals surface area contributed by atoms with Crippen molar-refractivity contribution in [1.82, 2.24) is 46.5 Å². The molecule has 2 saturated heterocycles. The lowest BCUT2D eigenvalue weighted by Gasteiger charge is -2.68. The number of nitrogens with zero attached hydrogens (tertiary/aromatic N) is 4. The van der Waals surface area contributed by atoms with Crippen LogP contribution in [0.15, 0.2) is 85.0 Å². The summed E-state index contributed by atoms with van der Waals surface area (Å²) in [5, 5.41) is 51.1. The van der Waals surface area contributed by atoms with E-state index in [4.69, 9.17) is 19.9 Å². The van der Waals surface area contributed by atoms with Crippen molar-refractivity contribution in [2.75, 3.05) is 77.3 Å². The summed E-state index contributed by atoms with van der Waals surface area (Å²) in [6, 6.07) is 14.7. The number of carbonyl (C=O) groups is 9. The second-order valence-electron chi connectivity index (χ2n) is 28.7. The Hall–Kier alpha value is -8.89. The maximum atomic E-state index is 15.7. The van der Waals surface area contributed by atoms with Crippen LogP contribution < -0.4 is 47.5 Å². The van der Waals surface area contributed by atoms with E-state index in [1.807, 2.05) is 61.2 Å². The minimum Gasteiger partial charge on any atom is -0.496 e. The number of aliphatic hydroxyl groups excluding tert-OH is 1. The lowest BCUT2D eigenvalue weighted by atomic mass is 9.42. The molecule has 1 saturated carbocycles. The van der Waals surface area contributed by atoms with Gasteiger partial charge in [0, 0.05) is 121 Å². The number of unbranched alkanes of at least 4 members (excludes halogenated alkanes) is 2. The first-order chi connectivity index (χ1) is 47.7. The molecule has 12 atom stereocenters. The van der Waals surface area contributed by atoms with E-state index in [0.29, 0.717) is 112 Å². The zero-order valence-electron chi connectivity index (χ0n) is 58.3. The number of para-hydroxylation sites is 1. The molecular formula is C73H96N12O15. The van der Waals surface area contributed by atoms with Crippen molar-refractivity contribution in [1.29, 1.82) is 0 Å². The van der Waals surface area contributed by atoms with Crippen molar-refractivity contribution in [2.24, 2.45) is 23.0 Å². The van der Waals surface area contributed by atoms with E-state index in [2.05, 4.69) is 53.0 Å². The molecule has 4 aromatic rings. The number of urea groups is 1. The number of anilines is 2. The smallest absolute Gasteiger partial charge is 0.426 e. The summed E-state index contributed by atoms with van der Waals surface area (Å²) < 4.78 is 18.1. The van der Waals surface area contributed by atoms with Crippen molar-refractivity contribution in [3.8, 4) is 5.75 Å². The van der Waals surface area contributed by atoms with Crippen LogP contribution in [-0.2, 0) is 66.9 Å². The maximum Gasteiger partial charge on any atom is 0.426 e. The normalized spacial score (nSPS) is 28.5. The Morgan fingerprint density at radius 2 is 1.60 bits per heavy atom. The molecule has 12 N–H and O–H groups in total. The highest BCUT2D eigenvalue weighted by Crippen LogP contribution is 2.72. The molecule has 7 aliphatic rings. The number of methoxy groups -OCH3 is 2. The molecule has 2 bridgehead atoms. The molecule has 1 spiro atoms. The van der Waals surface area contributed by atoms with Crippen molar-refractivity contribution < 1.29 is 72.7 Å². The van der Waals surface area contributed by atoms with Gasteiger partial charge in [-0.05, 0) is 130 Å². The molecule has 27 heteroatoms. The van der Waals surface area contributed by atoms with Gasteiger partial charge in [-0.2, -0.15) is 0 Å². The van der Waals surface area contributed by atoms with Crippen LogP contribution in [0.4, 0.5) is 21.0 Å². The van der Waals surface area contributed by atoms with Gasteiger partial charge < -0.3 is 66.4 Å². The number of hydrazine groups is 1. The molecule has 3 aromatic carbocycles. The summed E-state index contributed by atoms with van der Waals surface area (Å²) in [5.74, 6) is -4.25. The average molecular weight is 1380 g/mol. The van der Waals surface area contributed by atoms with Crippen LogP contribution in [0.2, 0.25) is 0 Å². The topological polar surface area (TPSA) is 369 Å². The first-order valence-electron chi connectivity index (χ1n) is 34.9. The van der Waals surface area contributed by atoms with Crippen molar-refractivity contribution in [2.45, 2.75) is 170 Å². The lowest BCUT2D eigenvalue weighted by molar-refractivity contribution is -0.224. The molecule has 1 aromatic heterocycles. The molecule has 7 heterocycles. The first kappa shape index (κ1) is 72.4. The Labute approximate surface area is 581 Å². The Morgan fingerprint density at radius 3 is 2.29 bits per heavy atom. The van der Waals surface area contributed by atoms with Gasteiger partial charge in [-0.1, -0.05) is 76.6 Å². The quantitative estimate of drug-likeness (QED) is 0.0155. The van der Waals surface area contributed by atoms with Crippen LogP contribution in [-0.4, -0.2) is 197 Å². The monoisotopic (exact) mass is 1380 g/mol. The number of H-pyrrole nitrogens is 1. The molecule has 6 aliphatic heterocycles. The molecule has 538 valence electrons. The summed E-state index contributed by atoms with van der Waals surface area (Å²) in [4.78, 5) is 132. The van der Waals surface area contributed by atoms with Gasteiger partial charge in [-0.3, -0.25) is 53.7 Å². The fourth-order valence-corrected chi connectivity index (χ4v) is 18.0. The average Bonchev–Trinajstić information content (AvgIpc) is 1.43. The predicted molar refractivity (Wildman–Crippen MR) is 370 cm³/mol. The Morgan fingerprint density at radius 1 is 0.860 bits per heavy atom. The van der Waals surface area contributed by atoms with E-state index in [0.717, 1.165) is 26.9 Å². The third-order valence-corrected chi connectivity index (χ3v) is 23.0. The number of aromatic amines is 1. The Balaban J connectivity index is 0.812.